The molecule has 0 radical (unpaired) electrons. The Hall–Kier alpha value is -2.53. The van der Waals surface area contributed by atoms with Crippen molar-refractivity contribution < 1.29 is 9.59 Å². The molecular weight excluding hydrogens is 491 g/mol. The van der Waals surface area contributed by atoms with Gasteiger partial charge in [0.25, 0.3) is 0 Å². The zero-order chi connectivity index (χ0) is 24.5. The predicted octanol–water partition coefficient (Wildman–Crippen LogP) is 6.36. The molecule has 7 heteroatoms. The number of hydrogen-bond donors (Lipinski definition) is 1. The van der Waals surface area contributed by atoms with Crippen LogP contribution in [0.2, 0.25) is 15.1 Å². The highest BCUT2D eigenvalue weighted by molar-refractivity contribution is 6.35. The molecule has 178 valence electrons. The van der Waals surface area contributed by atoms with Gasteiger partial charge in [-0.3, -0.25) is 9.59 Å². The van der Waals surface area contributed by atoms with Crippen molar-refractivity contribution in [2.75, 3.05) is 6.54 Å². The zero-order valence-corrected chi connectivity index (χ0v) is 21.2. The van der Waals surface area contributed by atoms with E-state index in [0.717, 1.165) is 17.5 Å². The van der Waals surface area contributed by atoms with Crippen LogP contribution in [0.3, 0.4) is 0 Å². The fraction of sp³-hybridized carbons (Fsp3) is 0.259. The summed E-state index contributed by atoms with van der Waals surface area (Å²) in [5, 5.41) is 4.47. The van der Waals surface area contributed by atoms with E-state index >= 15 is 0 Å². The van der Waals surface area contributed by atoms with Gasteiger partial charge in [0, 0.05) is 34.6 Å². The van der Waals surface area contributed by atoms with E-state index < -0.39 is 6.04 Å². The number of nitrogens with one attached hydrogen (secondary N) is 1. The molecule has 34 heavy (non-hydrogen) atoms. The Kier molecular flexibility index (Phi) is 9.82. The van der Waals surface area contributed by atoms with Crippen molar-refractivity contribution in [2.45, 2.75) is 38.8 Å². The quantitative estimate of drug-likeness (QED) is 0.340. The number of amides is 2. The first kappa shape index (κ1) is 26.1. The van der Waals surface area contributed by atoms with Gasteiger partial charge in [-0.1, -0.05) is 90.3 Å². The molecular formula is C27H27Cl3N2O2. The monoisotopic (exact) mass is 516 g/mol. The molecule has 1 unspecified atom stereocenters. The summed E-state index contributed by atoms with van der Waals surface area (Å²) < 4.78 is 0. The van der Waals surface area contributed by atoms with Gasteiger partial charge in [-0.15, -0.1) is 0 Å². The molecule has 3 rings (SSSR count). The summed E-state index contributed by atoms with van der Waals surface area (Å²) in [4.78, 5) is 28.6. The fourth-order valence-electron chi connectivity index (χ4n) is 3.68. The minimum absolute atomic E-state index is 0.109. The van der Waals surface area contributed by atoms with Crippen LogP contribution in [0.25, 0.3) is 0 Å². The van der Waals surface area contributed by atoms with Crippen molar-refractivity contribution in [1.29, 1.82) is 0 Å². The highest BCUT2D eigenvalue weighted by Crippen LogP contribution is 2.25. The topological polar surface area (TPSA) is 49.4 Å². The van der Waals surface area contributed by atoms with Gasteiger partial charge in [-0.05, 0) is 47.4 Å². The van der Waals surface area contributed by atoms with Gasteiger partial charge in [0.05, 0.1) is 6.42 Å². The Morgan fingerprint density at radius 2 is 1.59 bits per heavy atom. The summed E-state index contributed by atoms with van der Waals surface area (Å²) in [6.07, 6.45) is 1.28. The highest BCUT2D eigenvalue weighted by atomic mass is 35.5. The van der Waals surface area contributed by atoms with Crippen LogP contribution in [0.1, 0.15) is 30.0 Å². The maximum Gasteiger partial charge on any atom is 0.243 e. The molecule has 1 N–H and O–H groups in total. The molecule has 0 aromatic heterocycles. The Morgan fingerprint density at radius 1 is 0.882 bits per heavy atom. The maximum atomic E-state index is 13.7. The summed E-state index contributed by atoms with van der Waals surface area (Å²) in [5.74, 6) is -0.393. The van der Waals surface area contributed by atoms with Crippen molar-refractivity contribution >= 4 is 46.6 Å². The summed E-state index contributed by atoms with van der Waals surface area (Å²) in [5.41, 5.74) is 2.45. The third-order valence-electron chi connectivity index (χ3n) is 5.42. The summed E-state index contributed by atoms with van der Waals surface area (Å²) in [6, 6.07) is 21.3. The standard InChI is InChI=1S/C27H27Cl3N2O2/c1-2-13-31-27(34)25(15-19-7-4-3-5-8-19)32(18-21-11-12-23(29)17-24(21)30)26(33)16-20-9-6-10-22(28)14-20/h3-12,14,17,25H,2,13,15-16,18H2,1H3,(H,31,34). The number of rotatable bonds is 10. The fourth-order valence-corrected chi connectivity index (χ4v) is 4.36. The van der Waals surface area contributed by atoms with Gasteiger partial charge in [-0.25, -0.2) is 0 Å². The van der Waals surface area contributed by atoms with E-state index in [9.17, 15) is 9.59 Å². The van der Waals surface area contributed by atoms with Gasteiger partial charge in [0.1, 0.15) is 6.04 Å². The molecule has 0 aliphatic rings. The van der Waals surface area contributed by atoms with Crippen LogP contribution in [0.4, 0.5) is 0 Å². The van der Waals surface area contributed by atoms with E-state index in [1.165, 1.54) is 0 Å². The van der Waals surface area contributed by atoms with Crippen LogP contribution in [0.5, 0.6) is 0 Å². The number of benzene rings is 3. The van der Waals surface area contributed by atoms with Gasteiger partial charge in [0.15, 0.2) is 0 Å². The van der Waals surface area contributed by atoms with Crippen molar-refractivity contribution in [3.8, 4) is 0 Å². The highest BCUT2D eigenvalue weighted by Gasteiger charge is 2.30. The summed E-state index contributed by atoms with van der Waals surface area (Å²) >= 11 is 18.7. The molecule has 1 atom stereocenters. The van der Waals surface area contributed by atoms with Crippen molar-refractivity contribution in [3.63, 3.8) is 0 Å². The largest absolute Gasteiger partial charge is 0.354 e. The molecule has 0 aliphatic carbocycles. The normalized spacial score (nSPS) is 11.6. The second-order valence-corrected chi connectivity index (χ2v) is 9.34. The number of hydrogen-bond acceptors (Lipinski definition) is 2. The second-order valence-electron chi connectivity index (χ2n) is 8.06. The maximum absolute atomic E-state index is 13.7. The number of carbonyl (C=O) groups excluding carboxylic acids is 2. The molecule has 0 fully saturated rings. The molecule has 0 spiro atoms. The second kappa shape index (κ2) is 12.8. The molecule has 0 saturated heterocycles. The van der Waals surface area contributed by atoms with E-state index in [-0.39, 0.29) is 24.8 Å². The molecule has 3 aromatic carbocycles. The first-order valence-electron chi connectivity index (χ1n) is 11.2. The number of nitrogens with zero attached hydrogens (tertiary/aromatic N) is 1. The lowest BCUT2D eigenvalue weighted by Crippen LogP contribution is -2.51. The van der Waals surface area contributed by atoms with E-state index in [4.69, 9.17) is 34.8 Å². The van der Waals surface area contributed by atoms with Gasteiger partial charge < -0.3 is 10.2 Å². The molecule has 0 heterocycles. The number of halogens is 3. The van der Waals surface area contributed by atoms with E-state index in [1.54, 1.807) is 41.3 Å². The van der Waals surface area contributed by atoms with Crippen LogP contribution in [0.15, 0.2) is 72.8 Å². The molecule has 0 bridgehead atoms. The van der Waals surface area contributed by atoms with Gasteiger partial charge in [-0.2, -0.15) is 0 Å². The van der Waals surface area contributed by atoms with E-state index in [2.05, 4.69) is 5.32 Å². The van der Waals surface area contributed by atoms with E-state index in [1.807, 2.05) is 43.3 Å². The van der Waals surface area contributed by atoms with Crippen LogP contribution in [-0.2, 0) is 29.0 Å². The predicted molar refractivity (Wildman–Crippen MR) is 139 cm³/mol. The van der Waals surface area contributed by atoms with Crippen molar-refractivity contribution in [3.05, 3.63) is 105 Å². The van der Waals surface area contributed by atoms with Crippen LogP contribution in [-0.4, -0.2) is 29.3 Å². The Balaban J connectivity index is 1.98. The molecule has 0 aliphatic heterocycles. The first-order chi connectivity index (χ1) is 16.4. The molecule has 2 amide bonds. The number of carbonyl (C=O) groups is 2. The average molecular weight is 518 g/mol. The lowest BCUT2D eigenvalue weighted by atomic mass is 10.0. The minimum Gasteiger partial charge on any atom is -0.354 e. The molecule has 0 saturated carbocycles. The molecule has 3 aromatic rings. The van der Waals surface area contributed by atoms with E-state index in [0.29, 0.717) is 33.6 Å². The Labute approximate surface area is 215 Å². The van der Waals surface area contributed by atoms with Crippen molar-refractivity contribution in [2.24, 2.45) is 0 Å². The minimum atomic E-state index is -0.715. The average Bonchev–Trinajstić information content (AvgIpc) is 2.81. The zero-order valence-electron chi connectivity index (χ0n) is 18.9. The first-order valence-corrected chi connectivity index (χ1v) is 12.3. The lowest BCUT2D eigenvalue weighted by molar-refractivity contribution is -0.140. The third kappa shape index (κ3) is 7.49. The van der Waals surface area contributed by atoms with Crippen LogP contribution in [0, 0.1) is 0 Å². The Morgan fingerprint density at radius 3 is 2.26 bits per heavy atom. The SMILES string of the molecule is CCCNC(=O)C(Cc1ccccc1)N(Cc1ccc(Cl)cc1Cl)C(=O)Cc1cccc(Cl)c1. The smallest absolute Gasteiger partial charge is 0.243 e. The summed E-state index contributed by atoms with van der Waals surface area (Å²) in [6.45, 7) is 2.69. The Bertz CT molecular complexity index is 1120. The van der Waals surface area contributed by atoms with Crippen LogP contribution < -0.4 is 5.32 Å². The van der Waals surface area contributed by atoms with Crippen LogP contribution >= 0.6 is 34.8 Å². The van der Waals surface area contributed by atoms with Gasteiger partial charge in [0.2, 0.25) is 11.8 Å². The third-order valence-corrected chi connectivity index (χ3v) is 6.24. The lowest BCUT2D eigenvalue weighted by Gasteiger charge is -2.32. The molecule has 4 nitrogen and oxygen atoms in total. The summed E-state index contributed by atoms with van der Waals surface area (Å²) in [7, 11) is 0. The van der Waals surface area contributed by atoms with Crippen molar-refractivity contribution in [1.82, 2.24) is 10.2 Å². The van der Waals surface area contributed by atoms with Gasteiger partial charge >= 0.3 is 0 Å².